The van der Waals surface area contributed by atoms with Crippen molar-refractivity contribution in [2.45, 2.75) is 45.3 Å². The lowest BCUT2D eigenvalue weighted by atomic mass is 9.96. The Morgan fingerprint density at radius 2 is 1.86 bits per heavy atom. The highest BCUT2D eigenvalue weighted by atomic mass is 32.2. The smallest absolute Gasteiger partial charge is 0.00417 e. The van der Waals surface area contributed by atoms with Crippen LogP contribution in [0.2, 0.25) is 0 Å². The van der Waals surface area contributed by atoms with Gasteiger partial charge in [-0.2, -0.15) is 11.8 Å². The second-order valence-corrected chi connectivity index (χ2v) is 6.29. The van der Waals surface area contributed by atoms with Crippen LogP contribution in [0.3, 0.4) is 0 Å². The molecular formula is C12H25NS. The van der Waals surface area contributed by atoms with Crippen molar-refractivity contribution in [1.82, 2.24) is 5.32 Å². The van der Waals surface area contributed by atoms with Crippen LogP contribution in [0.15, 0.2) is 0 Å². The van der Waals surface area contributed by atoms with E-state index >= 15 is 0 Å². The molecule has 0 aromatic rings. The van der Waals surface area contributed by atoms with Crippen molar-refractivity contribution >= 4 is 11.8 Å². The molecule has 1 heterocycles. The number of hydrogen-bond donors (Lipinski definition) is 1. The maximum absolute atomic E-state index is 3.43. The lowest BCUT2D eigenvalue weighted by Gasteiger charge is -2.23. The number of nitrogens with one attached hydrogen (secondary N) is 1. The average Bonchev–Trinajstić information content (AvgIpc) is 2.19. The summed E-state index contributed by atoms with van der Waals surface area (Å²) in [5.41, 5.74) is 0. The summed E-state index contributed by atoms with van der Waals surface area (Å²) in [6.45, 7) is 9.49. The molecule has 1 atom stereocenters. The van der Waals surface area contributed by atoms with E-state index < -0.39 is 0 Å². The summed E-state index contributed by atoms with van der Waals surface area (Å²) in [4.78, 5) is 0. The van der Waals surface area contributed by atoms with Crippen molar-refractivity contribution in [2.75, 3.05) is 18.8 Å². The van der Waals surface area contributed by atoms with Crippen LogP contribution in [0.1, 0.15) is 40.0 Å². The number of hydrogen-bond acceptors (Lipinski definition) is 2. The molecule has 0 radical (unpaired) electrons. The van der Waals surface area contributed by atoms with E-state index in [9.17, 15) is 0 Å². The van der Waals surface area contributed by atoms with Gasteiger partial charge in [-0.05, 0) is 49.9 Å². The molecule has 1 rings (SSSR count). The highest BCUT2D eigenvalue weighted by Gasteiger charge is 2.13. The first-order chi connectivity index (χ1) is 6.70. The molecule has 1 nitrogen and oxygen atoms in total. The highest BCUT2D eigenvalue weighted by Crippen LogP contribution is 2.23. The molecule has 14 heavy (non-hydrogen) atoms. The van der Waals surface area contributed by atoms with Crippen LogP contribution in [0.5, 0.6) is 0 Å². The zero-order valence-electron chi connectivity index (χ0n) is 9.88. The van der Waals surface area contributed by atoms with Gasteiger partial charge in [0, 0.05) is 5.25 Å². The Kier molecular flexibility index (Phi) is 5.95. The molecule has 1 unspecified atom stereocenters. The monoisotopic (exact) mass is 215 g/mol. The summed E-state index contributed by atoms with van der Waals surface area (Å²) in [7, 11) is 0. The maximum atomic E-state index is 3.43. The standard InChI is InChI=1S/C12H25NS/c1-10(2)11(3)14-9-6-12-4-7-13-8-5-12/h10-13H,4-9H2,1-3H3. The Morgan fingerprint density at radius 3 is 2.43 bits per heavy atom. The minimum Gasteiger partial charge on any atom is -0.317 e. The fourth-order valence-electron chi connectivity index (χ4n) is 1.78. The molecule has 0 aliphatic carbocycles. The van der Waals surface area contributed by atoms with Crippen LogP contribution in [0.4, 0.5) is 0 Å². The van der Waals surface area contributed by atoms with E-state index in [0.717, 1.165) is 17.1 Å². The highest BCUT2D eigenvalue weighted by molar-refractivity contribution is 7.99. The van der Waals surface area contributed by atoms with Crippen LogP contribution < -0.4 is 5.32 Å². The molecule has 0 aromatic heterocycles. The number of thioether (sulfide) groups is 1. The molecule has 84 valence electrons. The summed E-state index contributed by atoms with van der Waals surface area (Å²) in [5, 5.41) is 4.26. The SMILES string of the molecule is CC(C)C(C)SCCC1CCNCC1. The predicted octanol–water partition coefficient (Wildman–Crippen LogP) is 3.15. The molecule has 1 aliphatic rings. The number of piperidine rings is 1. The van der Waals surface area contributed by atoms with Gasteiger partial charge in [0.2, 0.25) is 0 Å². The third kappa shape index (κ3) is 4.70. The molecule has 0 amide bonds. The largest absolute Gasteiger partial charge is 0.317 e. The van der Waals surface area contributed by atoms with Crippen LogP contribution in [0.25, 0.3) is 0 Å². The van der Waals surface area contributed by atoms with Gasteiger partial charge in [-0.3, -0.25) is 0 Å². The first kappa shape index (κ1) is 12.4. The predicted molar refractivity (Wildman–Crippen MR) is 67.0 cm³/mol. The Morgan fingerprint density at radius 1 is 1.21 bits per heavy atom. The first-order valence-corrected chi connectivity index (χ1v) is 7.07. The minimum atomic E-state index is 0.827. The quantitative estimate of drug-likeness (QED) is 0.756. The average molecular weight is 215 g/mol. The van der Waals surface area contributed by atoms with Gasteiger partial charge >= 0.3 is 0 Å². The van der Waals surface area contributed by atoms with Crippen LogP contribution >= 0.6 is 11.8 Å². The van der Waals surface area contributed by atoms with Gasteiger partial charge in [0.05, 0.1) is 0 Å². The van der Waals surface area contributed by atoms with Gasteiger partial charge < -0.3 is 5.32 Å². The first-order valence-electron chi connectivity index (χ1n) is 6.02. The molecular weight excluding hydrogens is 190 g/mol. The maximum Gasteiger partial charge on any atom is 0.00417 e. The molecule has 1 fully saturated rings. The van der Waals surface area contributed by atoms with Gasteiger partial charge in [0.25, 0.3) is 0 Å². The molecule has 0 spiro atoms. The number of rotatable bonds is 5. The van der Waals surface area contributed by atoms with E-state index in [0.29, 0.717) is 0 Å². The molecule has 1 aliphatic heterocycles. The normalized spacial score (nSPS) is 21.4. The third-order valence-corrected chi connectivity index (χ3v) is 4.85. The van der Waals surface area contributed by atoms with Crippen molar-refractivity contribution in [2.24, 2.45) is 11.8 Å². The fraction of sp³-hybridized carbons (Fsp3) is 1.00. The van der Waals surface area contributed by atoms with E-state index in [4.69, 9.17) is 0 Å². The second-order valence-electron chi connectivity index (χ2n) is 4.80. The van der Waals surface area contributed by atoms with E-state index in [-0.39, 0.29) is 0 Å². The summed E-state index contributed by atoms with van der Waals surface area (Å²) in [5.74, 6) is 3.19. The van der Waals surface area contributed by atoms with Crippen molar-refractivity contribution in [3.63, 3.8) is 0 Å². The lowest BCUT2D eigenvalue weighted by Crippen LogP contribution is -2.28. The zero-order valence-corrected chi connectivity index (χ0v) is 10.7. The Labute approximate surface area is 93.4 Å². The second kappa shape index (κ2) is 6.73. The van der Waals surface area contributed by atoms with Crippen LogP contribution in [-0.4, -0.2) is 24.1 Å². The molecule has 2 heteroatoms. The van der Waals surface area contributed by atoms with Crippen molar-refractivity contribution < 1.29 is 0 Å². The Balaban J connectivity index is 2.02. The summed E-state index contributed by atoms with van der Waals surface area (Å²) >= 11 is 2.16. The summed E-state index contributed by atoms with van der Waals surface area (Å²) in [6, 6.07) is 0. The van der Waals surface area contributed by atoms with Gasteiger partial charge in [0.15, 0.2) is 0 Å². The van der Waals surface area contributed by atoms with Crippen molar-refractivity contribution in [1.29, 1.82) is 0 Å². The molecule has 0 aromatic carbocycles. The molecule has 0 saturated carbocycles. The summed E-state index contributed by atoms with van der Waals surface area (Å²) in [6.07, 6.45) is 4.23. The van der Waals surface area contributed by atoms with Gasteiger partial charge in [0.1, 0.15) is 0 Å². The fourth-order valence-corrected chi connectivity index (χ4v) is 3.01. The Bertz CT molecular complexity index is 141. The van der Waals surface area contributed by atoms with Gasteiger partial charge in [-0.25, -0.2) is 0 Å². The van der Waals surface area contributed by atoms with Crippen LogP contribution in [0, 0.1) is 11.8 Å². The molecule has 0 bridgehead atoms. The van der Waals surface area contributed by atoms with Crippen LogP contribution in [-0.2, 0) is 0 Å². The van der Waals surface area contributed by atoms with E-state index in [1.807, 2.05) is 0 Å². The summed E-state index contributed by atoms with van der Waals surface area (Å²) < 4.78 is 0. The third-order valence-electron chi connectivity index (χ3n) is 3.30. The lowest BCUT2D eigenvalue weighted by molar-refractivity contribution is 0.367. The van der Waals surface area contributed by atoms with E-state index in [2.05, 4.69) is 37.8 Å². The minimum absolute atomic E-state index is 0.827. The van der Waals surface area contributed by atoms with Gasteiger partial charge in [-0.1, -0.05) is 20.8 Å². The Hall–Kier alpha value is 0.310. The van der Waals surface area contributed by atoms with Gasteiger partial charge in [-0.15, -0.1) is 0 Å². The molecule has 1 saturated heterocycles. The topological polar surface area (TPSA) is 12.0 Å². The van der Waals surface area contributed by atoms with Crippen molar-refractivity contribution in [3.05, 3.63) is 0 Å². The zero-order chi connectivity index (χ0) is 10.4. The van der Waals surface area contributed by atoms with E-state index in [1.54, 1.807) is 0 Å². The van der Waals surface area contributed by atoms with E-state index in [1.165, 1.54) is 38.1 Å². The van der Waals surface area contributed by atoms with Crippen molar-refractivity contribution in [3.8, 4) is 0 Å². The molecule has 1 N–H and O–H groups in total.